The standard InChI is InChI=1S/C10H12N4O4S/c1-19(17,18)11-4-5-14-9-3-2-7(10(15)16)6-8(9)12-13-14/h2-3,6,11H,4-5H2,1H3,(H,15,16). The number of sulfonamides is 1. The number of hydrogen-bond acceptors (Lipinski definition) is 5. The maximum Gasteiger partial charge on any atom is 0.335 e. The molecule has 1 aromatic carbocycles. The van der Waals surface area contributed by atoms with E-state index >= 15 is 0 Å². The summed E-state index contributed by atoms with van der Waals surface area (Å²) >= 11 is 0. The van der Waals surface area contributed by atoms with Crippen LogP contribution in [0.1, 0.15) is 10.4 Å². The smallest absolute Gasteiger partial charge is 0.335 e. The van der Waals surface area contributed by atoms with Gasteiger partial charge in [-0.1, -0.05) is 5.21 Å². The molecule has 0 fully saturated rings. The first-order chi connectivity index (χ1) is 8.87. The average Bonchev–Trinajstić information content (AvgIpc) is 2.70. The van der Waals surface area contributed by atoms with Crippen LogP contribution in [0.2, 0.25) is 0 Å². The first kappa shape index (κ1) is 13.4. The summed E-state index contributed by atoms with van der Waals surface area (Å²) in [7, 11) is -3.24. The van der Waals surface area contributed by atoms with Crippen LogP contribution in [-0.4, -0.2) is 47.3 Å². The second-order valence-corrected chi connectivity index (χ2v) is 5.82. The van der Waals surface area contributed by atoms with Gasteiger partial charge in [0.1, 0.15) is 5.52 Å². The minimum atomic E-state index is -3.24. The number of nitrogens with zero attached hydrogens (tertiary/aromatic N) is 3. The predicted molar refractivity (Wildman–Crippen MR) is 67.3 cm³/mol. The molecule has 9 heteroatoms. The molecular weight excluding hydrogens is 272 g/mol. The molecule has 0 radical (unpaired) electrons. The van der Waals surface area contributed by atoms with Crippen LogP contribution in [0.25, 0.3) is 11.0 Å². The number of benzene rings is 1. The monoisotopic (exact) mass is 284 g/mol. The van der Waals surface area contributed by atoms with Gasteiger partial charge in [0.15, 0.2) is 0 Å². The minimum Gasteiger partial charge on any atom is -0.478 e. The molecule has 0 unspecified atom stereocenters. The molecule has 0 aliphatic rings. The summed E-state index contributed by atoms with van der Waals surface area (Å²) in [5, 5.41) is 16.6. The fourth-order valence-electron chi connectivity index (χ4n) is 1.61. The van der Waals surface area contributed by atoms with Crippen molar-refractivity contribution in [1.82, 2.24) is 19.7 Å². The van der Waals surface area contributed by atoms with Crippen molar-refractivity contribution in [2.75, 3.05) is 12.8 Å². The van der Waals surface area contributed by atoms with Gasteiger partial charge in [0.05, 0.1) is 23.9 Å². The Morgan fingerprint density at radius 3 is 2.84 bits per heavy atom. The summed E-state index contributed by atoms with van der Waals surface area (Å²) in [5.74, 6) is -1.03. The van der Waals surface area contributed by atoms with Crippen LogP contribution in [0.15, 0.2) is 18.2 Å². The van der Waals surface area contributed by atoms with Crippen molar-refractivity contribution < 1.29 is 18.3 Å². The molecule has 19 heavy (non-hydrogen) atoms. The molecule has 0 saturated carbocycles. The fraction of sp³-hybridized carbons (Fsp3) is 0.300. The predicted octanol–water partition coefficient (Wildman–Crippen LogP) is -0.321. The zero-order valence-electron chi connectivity index (χ0n) is 10.1. The SMILES string of the molecule is CS(=O)(=O)NCCn1nnc2cc(C(=O)O)ccc21. The molecule has 8 nitrogen and oxygen atoms in total. The third kappa shape index (κ3) is 3.26. The Hall–Kier alpha value is -2.00. The van der Waals surface area contributed by atoms with Crippen LogP contribution >= 0.6 is 0 Å². The molecule has 2 aromatic rings. The maximum absolute atomic E-state index is 10.9. The number of carboxylic acids is 1. The Morgan fingerprint density at radius 2 is 2.21 bits per heavy atom. The lowest BCUT2D eigenvalue weighted by molar-refractivity contribution is 0.0697. The van der Waals surface area contributed by atoms with Crippen molar-refractivity contribution in [3.63, 3.8) is 0 Å². The van der Waals surface area contributed by atoms with Gasteiger partial charge >= 0.3 is 5.97 Å². The van der Waals surface area contributed by atoms with Gasteiger partial charge in [0.2, 0.25) is 10.0 Å². The molecule has 1 heterocycles. The Morgan fingerprint density at radius 1 is 1.47 bits per heavy atom. The summed E-state index contributed by atoms with van der Waals surface area (Å²) in [4.78, 5) is 10.8. The van der Waals surface area contributed by atoms with Gasteiger partial charge in [0.25, 0.3) is 0 Å². The minimum absolute atomic E-state index is 0.133. The van der Waals surface area contributed by atoms with Crippen LogP contribution in [0.4, 0.5) is 0 Å². The first-order valence-electron chi connectivity index (χ1n) is 5.38. The normalized spacial score (nSPS) is 11.8. The summed E-state index contributed by atoms with van der Waals surface area (Å²) in [5.41, 5.74) is 1.24. The van der Waals surface area contributed by atoms with Gasteiger partial charge < -0.3 is 5.11 Å². The van der Waals surface area contributed by atoms with Crippen molar-refractivity contribution in [3.05, 3.63) is 23.8 Å². The Kier molecular flexibility index (Phi) is 3.49. The Bertz CT molecular complexity index is 722. The first-order valence-corrected chi connectivity index (χ1v) is 7.27. The number of carboxylic acid groups (broad SMARTS) is 1. The van der Waals surface area contributed by atoms with Crippen molar-refractivity contribution in [2.45, 2.75) is 6.54 Å². The third-order valence-electron chi connectivity index (χ3n) is 2.45. The highest BCUT2D eigenvalue weighted by atomic mass is 32.2. The number of aromatic nitrogens is 3. The number of hydrogen-bond donors (Lipinski definition) is 2. The van der Waals surface area contributed by atoms with E-state index in [4.69, 9.17) is 5.11 Å². The van der Waals surface area contributed by atoms with Crippen LogP contribution in [0.5, 0.6) is 0 Å². The van der Waals surface area contributed by atoms with Crippen LogP contribution in [0.3, 0.4) is 0 Å². The number of nitrogens with one attached hydrogen (secondary N) is 1. The Labute approximate surface area is 109 Å². The van der Waals surface area contributed by atoms with E-state index in [-0.39, 0.29) is 12.1 Å². The highest BCUT2D eigenvalue weighted by molar-refractivity contribution is 7.88. The van der Waals surface area contributed by atoms with E-state index in [1.54, 1.807) is 6.07 Å². The number of aromatic carboxylic acids is 1. The van der Waals surface area contributed by atoms with E-state index in [0.29, 0.717) is 17.6 Å². The molecule has 2 N–H and O–H groups in total. The average molecular weight is 284 g/mol. The van der Waals surface area contributed by atoms with Crippen LogP contribution in [0, 0.1) is 0 Å². The molecular formula is C10H12N4O4S. The number of rotatable bonds is 5. The van der Waals surface area contributed by atoms with Crippen LogP contribution < -0.4 is 4.72 Å². The molecule has 0 aliphatic carbocycles. The summed E-state index contributed by atoms with van der Waals surface area (Å²) in [6.45, 7) is 0.508. The van der Waals surface area contributed by atoms with Crippen LogP contribution in [-0.2, 0) is 16.6 Å². The quantitative estimate of drug-likeness (QED) is 0.777. The van der Waals surface area contributed by atoms with E-state index in [1.807, 2.05) is 0 Å². The third-order valence-corrected chi connectivity index (χ3v) is 3.18. The van der Waals surface area contributed by atoms with E-state index in [2.05, 4.69) is 15.0 Å². The van der Waals surface area contributed by atoms with Gasteiger partial charge in [0, 0.05) is 6.54 Å². The Balaban J connectivity index is 2.19. The van der Waals surface area contributed by atoms with Crippen molar-refractivity contribution in [2.24, 2.45) is 0 Å². The molecule has 0 spiro atoms. The topological polar surface area (TPSA) is 114 Å². The maximum atomic E-state index is 10.9. The van der Waals surface area contributed by atoms with Gasteiger partial charge in [-0.2, -0.15) is 0 Å². The number of carbonyl (C=O) groups is 1. The summed E-state index contributed by atoms with van der Waals surface area (Å²) in [6, 6.07) is 4.47. The second-order valence-electron chi connectivity index (χ2n) is 3.99. The zero-order chi connectivity index (χ0) is 14.0. The molecule has 0 amide bonds. The van der Waals surface area contributed by atoms with Gasteiger partial charge in [-0.25, -0.2) is 22.6 Å². The number of fused-ring (bicyclic) bond motifs is 1. The van der Waals surface area contributed by atoms with Gasteiger partial charge in [-0.15, -0.1) is 5.10 Å². The van der Waals surface area contributed by atoms with Crippen molar-refractivity contribution in [1.29, 1.82) is 0 Å². The second kappa shape index (κ2) is 4.94. The fourth-order valence-corrected chi connectivity index (χ4v) is 2.07. The molecule has 0 bridgehead atoms. The molecule has 0 saturated heterocycles. The molecule has 0 atom stereocenters. The lowest BCUT2D eigenvalue weighted by atomic mass is 10.2. The van der Waals surface area contributed by atoms with E-state index < -0.39 is 16.0 Å². The van der Waals surface area contributed by atoms with Crippen molar-refractivity contribution >= 4 is 27.0 Å². The lowest BCUT2D eigenvalue weighted by Crippen LogP contribution is -2.26. The van der Waals surface area contributed by atoms with E-state index in [9.17, 15) is 13.2 Å². The zero-order valence-corrected chi connectivity index (χ0v) is 10.9. The lowest BCUT2D eigenvalue weighted by Gasteiger charge is -2.03. The molecule has 1 aromatic heterocycles. The van der Waals surface area contributed by atoms with Gasteiger partial charge in [-0.05, 0) is 18.2 Å². The molecule has 0 aliphatic heterocycles. The van der Waals surface area contributed by atoms with Crippen molar-refractivity contribution in [3.8, 4) is 0 Å². The molecule has 102 valence electrons. The summed E-state index contributed by atoms with van der Waals surface area (Å²) in [6.07, 6.45) is 1.07. The van der Waals surface area contributed by atoms with E-state index in [0.717, 1.165) is 6.26 Å². The van der Waals surface area contributed by atoms with Gasteiger partial charge in [-0.3, -0.25) is 0 Å². The van der Waals surface area contributed by atoms with E-state index in [1.165, 1.54) is 16.8 Å². The summed E-state index contributed by atoms with van der Waals surface area (Å²) < 4.78 is 25.7. The highest BCUT2D eigenvalue weighted by Crippen LogP contribution is 2.13. The highest BCUT2D eigenvalue weighted by Gasteiger charge is 2.09. The molecule has 2 rings (SSSR count). The largest absolute Gasteiger partial charge is 0.478 e.